The van der Waals surface area contributed by atoms with E-state index in [1.165, 1.54) is 89.2 Å². The second-order valence-corrected chi connectivity index (χ2v) is 10.2. The van der Waals surface area contributed by atoms with Gasteiger partial charge in [-0.15, -0.1) is 0 Å². The largest absolute Gasteiger partial charge is 0.478 e. The fourth-order valence-corrected chi connectivity index (χ4v) is 4.45. The zero-order valence-electron chi connectivity index (χ0n) is 22.2. The van der Waals surface area contributed by atoms with Gasteiger partial charge in [-0.05, 0) is 37.3 Å². The number of aromatic carboxylic acids is 1. The third kappa shape index (κ3) is 14.4. The van der Waals surface area contributed by atoms with Gasteiger partial charge in [-0.3, -0.25) is 0 Å². The van der Waals surface area contributed by atoms with Gasteiger partial charge < -0.3 is 9.84 Å². The highest BCUT2D eigenvalue weighted by Gasteiger charge is 2.20. The fraction of sp³-hybridized carbons (Fsp3) is 0.733. The third-order valence-electron chi connectivity index (χ3n) is 6.59. The minimum absolute atomic E-state index is 0.00729. The predicted molar refractivity (Wildman–Crippen MR) is 142 cm³/mol. The molecule has 1 atom stereocenters. The zero-order valence-corrected chi connectivity index (χ0v) is 22.2. The van der Waals surface area contributed by atoms with E-state index in [1.54, 1.807) is 12.1 Å². The number of carbonyl (C=O) groups excluding carboxylic acids is 1. The van der Waals surface area contributed by atoms with Crippen LogP contribution in [0.15, 0.2) is 24.3 Å². The maximum atomic E-state index is 12.6. The Kier molecular flexibility index (Phi) is 17.3. The van der Waals surface area contributed by atoms with E-state index < -0.39 is 11.9 Å². The summed E-state index contributed by atoms with van der Waals surface area (Å²) >= 11 is 0. The van der Waals surface area contributed by atoms with Crippen molar-refractivity contribution in [2.75, 3.05) is 0 Å². The summed E-state index contributed by atoms with van der Waals surface area (Å²) in [5.41, 5.74) is 0.153. The number of esters is 1. The molecule has 0 saturated heterocycles. The van der Waals surface area contributed by atoms with Gasteiger partial charge in [-0.25, -0.2) is 9.59 Å². The number of carboxylic acid groups (broad SMARTS) is 1. The van der Waals surface area contributed by atoms with Crippen molar-refractivity contribution in [1.82, 2.24) is 0 Å². The van der Waals surface area contributed by atoms with Crippen LogP contribution in [0.4, 0.5) is 0 Å². The van der Waals surface area contributed by atoms with E-state index >= 15 is 0 Å². The molecular weight excluding hydrogens is 424 g/mol. The van der Waals surface area contributed by atoms with Gasteiger partial charge in [0, 0.05) is 0 Å². The first-order chi connectivity index (χ1) is 16.5. The molecule has 1 rings (SSSR count). The molecule has 0 aliphatic rings. The molecule has 4 nitrogen and oxygen atoms in total. The lowest BCUT2D eigenvalue weighted by Crippen LogP contribution is -2.20. The quantitative estimate of drug-likeness (QED) is 0.142. The number of benzene rings is 1. The van der Waals surface area contributed by atoms with E-state index in [0.29, 0.717) is 0 Å². The van der Waals surface area contributed by atoms with Crippen LogP contribution in [0.3, 0.4) is 0 Å². The van der Waals surface area contributed by atoms with Gasteiger partial charge in [-0.1, -0.05) is 123 Å². The van der Waals surface area contributed by atoms with Crippen molar-refractivity contribution in [3.8, 4) is 0 Å². The van der Waals surface area contributed by atoms with Gasteiger partial charge >= 0.3 is 11.9 Å². The lowest BCUT2D eigenvalue weighted by atomic mass is 10.0. The molecule has 0 amide bonds. The predicted octanol–water partition coefficient (Wildman–Crippen LogP) is 9.22. The van der Waals surface area contributed by atoms with Crippen molar-refractivity contribution >= 4 is 11.9 Å². The Balaban J connectivity index is 2.17. The lowest BCUT2D eigenvalue weighted by molar-refractivity contribution is 0.0245. The normalized spacial score (nSPS) is 12.1. The van der Waals surface area contributed by atoms with E-state index in [1.807, 2.05) is 0 Å². The SMILES string of the molecule is CCCCC(CCCCCCCCCCCCCCC(C)C)OC(=O)c1ccccc1C(=O)O. The van der Waals surface area contributed by atoms with Crippen LogP contribution >= 0.6 is 0 Å². The van der Waals surface area contributed by atoms with E-state index in [2.05, 4.69) is 20.8 Å². The van der Waals surface area contributed by atoms with Crippen molar-refractivity contribution < 1.29 is 19.4 Å². The summed E-state index contributed by atoms with van der Waals surface area (Å²) in [7, 11) is 0. The molecule has 0 saturated carbocycles. The Labute approximate surface area is 208 Å². The van der Waals surface area contributed by atoms with Crippen LogP contribution in [0.5, 0.6) is 0 Å². The molecule has 0 aliphatic heterocycles. The van der Waals surface area contributed by atoms with Crippen molar-refractivity contribution in [3.05, 3.63) is 35.4 Å². The van der Waals surface area contributed by atoms with E-state index in [9.17, 15) is 14.7 Å². The van der Waals surface area contributed by atoms with Crippen LogP contribution < -0.4 is 0 Å². The molecule has 1 aromatic carbocycles. The zero-order chi connectivity index (χ0) is 25.0. The van der Waals surface area contributed by atoms with Crippen LogP contribution in [-0.2, 0) is 4.74 Å². The molecule has 0 bridgehead atoms. The number of rotatable bonds is 21. The number of carboxylic acids is 1. The average molecular weight is 475 g/mol. The van der Waals surface area contributed by atoms with Gasteiger partial charge in [0.2, 0.25) is 0 Å². The summed E-state index contributed by atoms with van der Waals surface area (Å²) in [4.78, 5) is 24.0. The summed E-state index contributed by atoms with van der Waals surface area (Å²) in [6.07, 6.45) is 20.8. The molecule has 0 fully saturated rings. The molecule has 1 unspecified atom stereocenters. The Morgan fingerprint density at radius 3 is 1.62 bits per heavy atom. The molecule has 0 aliphatic carbocycles. The second-order valence-electron chi connectivity index (χ2n) is 10.2. The first-order valence-corrected chi connectivity index (χ1v) is 14.0. The van der Waals surface area contributed by atoms with Crippen LogP contribution in [0.1, 0.15) is 151 Å². The molecule has 0 spiro atoms. The van der Waals surface area contributed by atoms with Crippen molar-refractivity contribution in [3.63, 3.8) is 0 Å². The molecule has 4 heteroatoms. The summed E-state index contributed by atoms with van der Waals surface area (Å²) in [5.74, 6) is -0.767. The topological polar surface area (TPSA) is 63.6 Å². The highest BCUT2D eigenvalue weighted by Crippen LogP contribution is 2.19. The monoisotopic (exact) mass is 474 g/mol. The van der Waals surface area contributed by atoms with Crippen LogP contribution in [0, 0.1) is 5.92 Å². The van der Waals surface area contributed by atoms with E-state index in [-0.39, 0.29) is 17.2 Å². The Morgan fingerprint density at radius 2 is 1.15 bits per heavy atom. The fourth-order valence-electron chi connectivity index (χ4n) is 4.45. The van der Waals surface area contributed by atoms with Gasteiger partial charge in [-0.2, -0.15) is 0 Å². The van der Waals surface area contributed by atoms with Crippen molar-refractivity contribution in [1.29, 1.82) is 0 Å². The highest BCUT2D eigenvalue weighted by molar-refractivity contribution is 6.02. The standard InChI is InChI=1S/C30H50O4/c1-4-5-21-26(34-30(33)28-24-19-18-23-27(28)29(31)32)22-17-15-13-11-9-7-6-8-10-12-14-16-20-25(2)3/h18-19,23-26H,4-17,20-22H2,1-3H3,(H,31,32). The first kappa shape index (κ1) is 30.2. The molecule has 1 aromatic rings. The van der Waals surface area contributed by atoms with Crippen LogP contribution in [0.2, 0.25) is 0 Å². The van der Waals surface area contributed by atoms with E-state index in [4.69, 9.17) is 4.74 Å². The Bertz CT molecular complexity index is 668. The molecule has 34 heavy (non-hydrogen) atoms. The van der Waals surface area contributed by atoms with Crippen molar-refractivity contribution in [2.45, 2.75) is 136 Å². The van der Waals surface area contributed by atoms with Gasteiger partial charge in [0.15, 0.2) is 0 Å². The molecule has 0 aromatic heterocycles. The molecule has 194 valence electrons. The average Bonchev–Trinajstić information content (AvgIpc) is 2.82. The van der Waals surface area contributed by atoms with Gasteiger partial charge in [0.25, 0.3) is 0 Å². The molecule has 1 N–H and O–H groups in total. The smallest absolute Gasteiger partial charge is 0.339 e. The number of hydrogen-bond donors (Lipinski definition) is 1. The minimum Gasteiger partial charge on any atom is -0.478 e. The highest BCUT2D eigenvalue weighted by atomic mass is 16.5. The Hall–Kier alpha value is -1.84. The molecular formula is C30H50O4. The number of carbonyl (C=O) groups is 2. The van der Waals surface area contributed by atoms with Crippen LogP contribution in [0.25, 0.3) is 0 Å². The number of unbranched alkanes of at least 4 members (excludes halogenated alkanes) is 12. The molecule has 0 radical (unpaired) electrons. The Morgan fingerprint density at radius 1 is 0.706 bits per heavy atom. The second kappa shape index (κ2) is 19.5. The summed E-state index contributed by atoms with van der Waals surface area (Å²) in [6.45, 7) is 6.75. The molecule has 0 heterocycles. The van der Waals surface area contributed by atoms with Gasteiger partial charge in [0.05, 0.1) is 11.1 Å². The minimum atomic E-state index is -1.10. The first-order valence-electron chi connectivity index (χ1n) is 14.0. The summed E-state index contributed by atoms with van der Waals surface area (Å²) in [5, 5.41) is 9.33. The van der Waals surface area contributed by atoms with Crippen molar-refractivity contribution in [2.24, 2.45) is 5.92 Å². The number of hydrogen-bond acceptors (Lipinski definition) is 3. The number of ether oxygens (including phenoxy) is 1. The summed E-state index contributed by atoms with van der Waals surface area (Å²) in [6, 6.07) is 6.30. The maximum Gasteiger partial charge on any atom is 0.339 e. The third-order valence-corrected chi connectivity index (χ3v) is 6.59. The van der Waals surface area contributed by atoms with Crippen LogP contribution in [-0.4, -0.2) is 23.1 Å². The lowest BCUT2D eigenvalue weighted by Gasteiger charge is -2.18. The maximum absolute atomic E-state index is 12.6. The summed E-state index contributed by atoms with van der Waals surface area (Å²) < 4.78 is 5.75. The van der Waals surface area contributed by atoms with Gasteiger partial charge in [0.1, 0.15) is 6.10 Å². The van der Waals surface area contributed by atoms with E-state index in [0.717, 1.165) is 38.0 Å².